The van der Waals surface area contributed by atoms with Crippen LogP contribution in [0.1, 0.15) is 52.4 Å². The third-order valence-corrected chi connectivity index (χ3v) is 2.58. The first-order valence-electron chi connectivity index (χ1n) is 4.46. The Hall–Kier alpha value is -0.260. The van der Waals surface area contributed by atoms with E-state index in [0.29, 0.717) is 0 Å². The molecule has 0 bridgehead atoms. The second-order valence-electron chi connectivity index (χ2n) is 3.47. The van der Waals surface area contributed by atoms with Crippen LogP contribution in [0.4, 0.5) is 0 Å². The number of hydrogen-bond acceptors (Lipinski definition) is 0. The summed E-state index contributed by atoms with van der Waals surface area (Å²) in [7, 11) is 0. The van der Waals surface area contributed by atoms with Crippen molar-refractivity contribution in [1.82, 2.24) is 0 Å². The Morgan fingerprint density at radius 2 is 1.10 bits per heavy atom. The molecule has 0 N–H and O–H groups in total. The Bertz CT molecular complexity index is 115. The summed E-state index contributed by atoms with van der Waals surface area (Å²) in [6.45, 7) is 4.58. The normalized spacial score (nSPS) is 22.2. The predicted octanol–water partition coefficient (Wildman–Crippen LogP) is 3.68. The maximum Gasteiger partial charge on any atom is -0.0320 e. The Kier molecular flexibility index (Phi) is 2.98. The van der Waals surface area contributed by atoms with E-state index in [2.05, 4.69) is 13.8 Å². The van der Waals surface area contributed by atoms with Gasteiger partial charge in [0.25, 0.3) is 0 Å². The predicted molar refractivity (Wildman–Crippen MR) is 46.1 cm³/mol. The van der Waals surface area contributed by atoms with Crippen molar-refractivity contribution < 1.29 is 0 Å². The maximum absolute atomic E-state index is 2.29. The molecule has 1 rings (SSSR count). The third kappa shape index (κ3) is 2.17. The average Bonchev–Trinajstić information content (AvgIpc) is 1.92. The van der Waals surface area contributed by atoms with Crippen molar-refractivity contribution in [1.29, 1.82) is 0 Å². The monoisotopic (exact) mass is 138 g/mol. The Morgan fingerprint density at radius 3 is 1.50 bits per heavy atom. The second kappa shape index (κ2) is 3.80. The van der Waals surface area contributed by atoms with E-state index >= 15 is 0 Å². The minimum Gasteiger partial charge on any atom is -0.0744 e. The van der Waals surface area contributed by atoms with Gasteiger partial charge in [-0.1, -0.05) is 24.0 Å². The van der Waals surface area contributed by atoms with Crippen molar-refractivity contribution in [3.8, 4) is 0 Å². The lowest BCUT2D eigenvalue weighted by Crippen LogP contribution is -1.91. The van der Waals surface area contributed by atoms with E-state index in [1.807, 2.05) is 0 Å². The first-order valence-corrected chi connectivity index (χ1v) is 4.46. The minimum atomic E-state index is 1.35. The molecule has 0 saturated carbocycles. The van der Waals surface area contributed by atoms with Gasteiger partial charge < -0.3 is 0 Å². The molecule has 0 unspecified atom stereocenters. The molecular formula is C10H18. The summed E-state index contributed by atoms with van der Waals surface area (Å²) < 4.78 is 0. The summed E-state index contributed by atoms with van der Waals surface area (Å²) in [4.78, 5) is 0. The quantitative estimate of drug-likeness (QED) is 0.448. The fourth-order valence-corrected chi connectivity index (χ4v) is 1.56. The van der Waals surface area contributed by atoms with Crippen LogP contribution >= 0.6 is 0 Å². The van der Waals surface area contributed by atoms with Gasteiger partial charge in [0.05, 0.1) is 0 Å². The van der Waals surface area contributed by atoms with Crippen molar-refractivity contribution >= 4 is 0 Å². The Balaban J connectivity index is 2.51. The number of rotatable bonds is 0. The summed E-state index contributed by atoms with van der Waals surface area (Å²) in [5.74, 6) is 0. The molecule has 0 heterocycles. The SMILES string of the molecule is CC1=C(C)CCCCCC1. The minimum absolute atomic E-state index is 1.35. The molecule has 0 fully saturated rings. The van der Waals surface area contributed by atoms with Gasteiger partial charge in [-0.05, 0) is 39.5 Å². The smallest absolute Gasteiger partial charge is 0.0320 e. The molecule has 1 aliphatic rings. The molecule has 0 saturated heterocycles. The van der Waals surface area contributed by atoms with Gasteiger partial charge in [0.2, 0.25) is 0 Å². The van der Waals surface area contributed by atoms with Gasteiger partial charge in [-0.25, -0.2) is 0 Å². The highest BCUT2D eigenvalue weighted by Crippen LogP contribution is 2.21. The summed E-state index contributed by atoms with van der Waals surface area (Å²) in [5, 5.41) is 0. The molecule has 0 aromatic carbocycles. The van der Waals surface area contributed by atoms with Gasteiger partial charge in [-0.2, -0.15) is 0 Å². The molecule has 0 spiro atoms. The van der Waals surface area contributed by atoms with E-state index in [1.54, 1.807) is 11.1 Å². The zero-order chi connectivity index (χ0) is 7.40. The largest absolute Gasteiger partial charge is 0.0744 e. The summed E-state index contributed by atoms with van der Waals surface area (Å²) >= 11 is 0. The van der Waals surface area contributed by atoms with Crippen LogP contribution in [0.5, 0.6) is 0 Å². The zero-order valence-corrected chi connectivity index (χ0v) is 7.24. The van der Waals surface area contributed by atoms with E-state index < -0.39 is 0 Å². The van der Waals surface area contributed by atoms with Gasteiger partial charge in [0, 0.05) is 0 Å². The first-order chi connectivity index (χ1) is 4.80. The highest BCUT2D eigenvalue weighted by Gasteiger charge is 2.01. The maximum atomic E-state index is 2.29. The van der Waals surface area contributed by atoms with E-state index in [-0.39, 0.29) is 0 Å². The third-order valence-electron chi connectivity index (χ3n) is 2.58. The number of allylic oxidation sites excluding steroid dienone is 2. The van der Waals surface area contributed by atoms with E-state index in [1.165, 1.54) is 38.5 Å². The fraction of sp³-hybridized carbons (Fsp3) is 0.800. The molecule has 0 heteroatoms. The van der Waals surface area contributed by atoms with Crippen molar-refractivity contribution in [3.63, 3.8) is 0 Å². The topological polar surface area (TPSA) is 0 Å². The lowest BCUT2D eigenvalue weighted by atomic mass is 9.95. The lowest BCUT2D eigenvalue weighted by molar-refractivity contribution is 0.611. The molecule has 0 aromatic rings. The molecule has 0 nitrogen and oxygen atoms in total. The van der Waals surface area contributed by atoms with Gasteiger partial charge >= 0.3 is 0 Å². The van der Waals surface area contributed by atoms with Crippen LogP contribution in [0.2, 0.25) is 0 Å². The molecule has 10 heavy (non-hydrogen) atoms. The van der Waals surface area contributed by atoms with Crippen LogP contribution in [0.25, 0.3) is 0 Å². The fourth-order valence-electron chi connectivity index (χ4n) is 1.56. The second-order valence-corrected chi connectivity index (χ2v) is 3.47. The molecule has 0 aromatic heterocycles. The van der Waals surface area contributed by atoms with Crippen LogP contribution < -0.4 is 0 Å². The Labute approximate surface area is 64.3 Å². The lowest BCUT2D eigenvalue weighted by Gasteiger charge is -2.11. The highest BCUT2D eigenvalue weighted by molar-refractivity contribution is 5.09. The molecule has 58 valence electrons. The first kappa shape index (κ1) is 7.84. The van der Waals surface area contributed by atoms with Gasteiger partial charge in [0.1, 0.15) is 0 Å². The average molecular weight is 138 g/mol. The standard InChI is InChI=1S/C10H18/c1-9-7-5-3-4-6-8-10(9)2/h3-8H2,1-2H3. The van der Waals surface area contributed by atoms with Crippen molar-refractivity contribution in [2.75, 3.05) is 0 Å². The molecule has 0 amide bonds. The van der Waals surface area contributed by atoms with E-state index in [9.17, 15) is 0 Å². The zero-order valence-electron chi connectivity index (χ0n) is 7.24. The van der Waals surface area contributed by atoms with Crippen LogP contribution in [0, 0.1) is 0 Å². The van der Waals surface area contributed by atoms with Crippen molar-refractivity contribution in [2.45, 2.75) is 52.4 Å². The van der Waals surface area contributed by atoms with E-state index in [4.69, 9.17) is 0 Å². The summed E-state index contributed by atoms with van der Waals surface area (Å²) in [5.41, 5.74) is 3.30. The molecular weight excluding hydrogens is 120 g/mol. The molecule has 0 atom stereocenters. The Morgan fingerprint density at radius 1 is 0.700 bits per heavy atom. The van der Waals surface area contributed by atoms with Crippen molar-refractivity contribution in [3.05, 3.63) is 11.1 Å². The molecule has 0 aliphatic heterocycles. The van der Waals surface area contributed by atoms with Crippen molar-refractivity contribution in [2.24, 2.45) is 0 Å². The van der Waals surface area contributed by atoms with Gasteiger partial charge in [0.15, 0.2) is 0 Å². The van der Waals surface area contributed by atoms with Gasteiger partial charge in [-0.15, -0.1) is 0 Å². The van der Waals surface area contributed by atoms with Crippen LogP contribution in [-0.2, 0) is 0 Å². The molecule has 1 aliphatic carbocycles. The van der Waals surface area contributed by atoms with Gasteiger partial charge in [-0.3, -0.25) is 0 Å². The van der Waals surface area contributed by atoms with E-state index in [0.717, 1.165) is 0 Å². The van der Waals surface area contributed by atoms with Crippen LogP contribution in [-0.4, -0.2) is 0 Å². The van der Waals surface area contributed by atoms with Crippen LogP contribution in [0.15, 0.2) is 11.1 Å². The highest BCUT2D eigenvalue weighted by atomic mass is 14.1. The summed E-state index contributed by atoms with van der Waals surface area (Å²) in [6, 6.07) is 0. The number of hydrogen-bond donors (Lipinski definition) is 0. The molecule has 0 radical (unpaired) electrons. The summed E-state index contributed by atoms with van der Waals surface area (Å²) in [6.07, 6.45) is 8.44. The van der Waals surface area contributed by atoms with Crippen LogP contribution in [0.3, 0.4) is 0 Å².